The number of benzene rings is 1. The Bertz CT molecular complexity index is 381. The van der Waals surface area contributed by atoms with Crippen LogP contribution in [-0.4, -0.2) is 19.8 Å². The Labute approximate surface area is 123 Å². The summed E-state index contributed by atoms with van der Waals surface area (Å²) in [5.74, 6) is 1.58. The topological polar surface area (TPSA) is 21.3 Å². The molecule has 1 N–H and O–H groups in total. The molecule has 0 heterocycles. The molecule has 1 unspecified atom stereocenters. The van der Waals surface area contributed by atoms with Crippen molar-refractivity contribution in [3.8, 4) is 0 Å². The summed E-state index contributed by atoms with van der Waals surface area (Å²) in [5, 5.41) is 3.53. The van der Waals surface area contributed by atoms with Gasteiger partial charge in [-0.2, -0.15) is 0 Å². The third-order valence-electron chi connectivity index (χ3n) is 3.87. The minimum Gasteiger partial charge on any atom is -0.380 e. The van der Waals surface area contributed by atoms with Gasteiger partial charge in [0, 0.05) is 19.2 Å². The van der Waals surface area contributed by atoms with Gasteiger partial charge in [0.25, 0.3) is 0 Å². The SMILES string of the molecule is CC(C)Cc1ccc(C(C)NCCOCC2CC2)cc1. The van der Waals surface area contributed by atoms with Crippen LogP contribution < -0.4 is 5.32 Å². The zero-order valence-corrected chi connectivity index (χ0v) is 13.2. The van der Waals surface area contributed by atoms with Crippen LogP contribution in [0.1, 0.15) is 50.8 Å². The number of rotatable bonds is 9. The Morgan fingerprint density at radius 2 is 1.85 bits per heavy atom. The largest absolute Gasteiger partial charge is 0.380 e. The molecule has 2 rings (SSSR count). The minimum atomic E-state index is 0.396. The Balaban J connectivity index is 1.66. The smallest absolute Gasteiger partial charge is 0.0591 e. The Morgan fingerprint density at radius 1 is 1.15 bits per heavy atom. The normalized spacial score (nSPS) is 16.6. The van der Waals surface area contributed by atoms with Gasteiger partial charge in [0.2, 0.25) is 0 Å². The molecule has 0 spiro atoms. The first kappa shape index (κ1) is 15.5. The highest BCUT2D eigenvalue weighted by Gasteiger charge is 2.20. The molecule has 112 valence electrons. The van der Waals surface area contributed by atoms with Crippen molar-refractivity contribution in [1.82, 2.24) is 5.32 Å². The summed E-state index contributed by atoms with van der Waals surface area (Å²) < 4.78 is 5.64. The predicted octanol–water partition coefficient (Wildman–Crippen LogP) is 3.96. The standard InChI is InChI=1S/C18H29NO/c1-14(2)12-16-6-8-18(9-7-16)15(3)19-10-11-20-13-17-4-5-17/h6-9,14-15,17,19H,4-5,10-13H2,1-3H3. The molecule has 0 bridgehead atoms. The van der Waals surface area contributed by atoms with Crippen LogP contribution in [0.15, 0.2) is 24.3 Å². The van der Waals surface area contributed by atoms with E-state index in [1.165, 1.54) is 24.0 Å². The fourth-order valence-electron chi connectivity index (χ4n) is 2.41. The molecule has 0 radical (unpaired) electrons. The average Bonchev–Trinajstić information content (AvgIpc) is 3.22. The lowest BCUT2D eigenvalue weighted by atomic mass is 10.00. The molecule has 0 aliphatic heterocycles. The van der Waals surface area contributed by atoms with E-state index >= 15 is 0 Å². The van der Waals surface area contributed by atoms with Crippen molar-refractivity contribution in [2.24, 2.45) is 11.8 Å². The third-order valence-corrected chi connectivity index (χ3v) is 3.87. The van der Waals surface area contributed by atoms with Crippen LogP contribution in [0.4, 0.5) is 0 Å². The van der Waals surface area contributed by atoms with Crippen LogP contribution in [-0.2, 0) is 11.2 Å². The van der Waals surface area contributed by atoms with E-state index in [0.29, 0.717) is 6.04 Å². The molecule has 1 aromatic carbocycles. The lowest BCUT2D eigenvalue weighted by Gasteiger charge is -2.15. The second kappa shape index (κ2) is 7.80. The van der Waals surface area contributed by atoms with E-state index in [9.17, 15) is 0 Å². The molecule has 0 aromatic heterocycles. The van der Waals surface area contributed by atoms with Crippen molar-refractivity contribution in [3.63, 3.8) is 0 Å². The van der Waals surface area contributed by atoms with Crippen molar-refractivity contribution in [2.75, 3.05) is 19.8 Å². The van der Waals surface area contributed by atoms with Gasteiger partial charge in [-0.05, 0) is 49.1 Å². The maximum Gasteiger partial charge on any atom is 0.0591 e. The second-order valence-electron chi connectivity index (χ2n) is 6.53. The van der Waals surface area contributed by atoms with Crippen molar-refractivity contribution >= 4 is 0 Å². The summed E-state index contributed by atoms with van der Waals surface area (Å²) in [7, 11) is 0. The molecule has 2 heteroatoms. The lowest BCUT2D eigenvalue weighted by molar-refractivity contribution is 0.124. The Hall–Kier alpha value is -0.860. The Kier molecular flexibility index (Phi) is 6.06. The van der Waals surface area contributed by atoms with E-state index in [1.807, 2.05) is 0 Å². The van der Waals surface area contributed by atoms with Crippen LogP contribution in [0.2, 0.25) is 0 Å². The third kappa shape index (κ3) is 5.64. The summed E-state index contributed by atoms with van der Waals surface area (Å²) in [6.45, 7) is 9.46. The maximum absolute atomic E-state index is 5.64. The first-order valence-corrected chi connectivity index (χ1v) is 8.05. The van der Waals surface area contributed by atoms with E-state index in [2.05, 4.69) is 50.4 Å². The molecule has 1 aromatic rings. The maximum atomic E-state index is 5.64. The second-order valence-corrected chi connectivity index (χ2v) is 6.53. The molecule has 20 heavy (non-hydrogen) atoms. The van der Waals surface area contributed by atoms with Crippen molar-refractivity contribution in [2.45, 2.75) is 46.1 Å². The predicted molar refractivity (Wildman–Crippen MR) is 84.9 cm³/mol. The van der Waals surface area contributed by atoms with Gasteiger partial charge in [-0.15, -0.1) is 0 Å². The molecular weight excluding hydrogens is 246 g/mol. The van der Waals surface area contributed by atoms with Gasteiger partial charge in [-0.25, -0.2) is 0 Å². The van der Waals surface area contributed by atoms with E-state index in [1.54, 1.807) is 0 Å². The molecule has 1 aliphatic carbocycles. The van der Waals surface area contributed by atoms with Crippen molar-refractivity contribution in [1.29, 1.82) is 0 Å². The summed E-state index contributed by atoms with van der Waals surface area (Å²) >= 11 is 0. The quantitative estimate of drug-likeness (QED) is 0.689. The van der Waals surface area contributed by atoms with Gasteiger partial charge in [0.05, 0.1) is 6.61 Å². The molecule has 0 amide bonds. The van der Waals surface area contributed by atoms with Gasteiger partial charge in [0.15, 0.2) is 0 Å². The van der Waals surface area contributed by atoms with Crippen LogP contribution in [0, 0.1) is 11.8 Å². The average molecular weight is 275 g/mol. The summed E-state index contributed by atoms with van der Waals surface area (Å²) in [6, 6.07) is 9.42. The van der Waals surface area contributed by atoms with Crippen molar-refractivity contribution in [3.05, 3.63) is 35.4 Å². The number of nitrogens with one attached hydrogen (secondary N) is 1. The van der Waals surface area contributed by atoms with Crippen LogP contribution >= 0.6 is 0 Å². The fraction of sp³-hybridized carbons (Fsp3) is 0.667. The summed E-state index contributed by atoms with van der Waals surface area (Å²) in [4.78, 5) is 0. The van der Waals surface area contributed by atoms with Gasteiger partial charge in [-0.3, -0.25) is 0 Å². The Morgan fingerprint density at radius 3 is 2.45 bits per heavy atom. The van der Waals surface area contributed by atoms with E-state index < -0.39 is 0 Å². The van der Waals surface area contributed by atoms with Gasteiger partial charge in [0.1, 0.15) is 0 Å². The number of hydrogen-bond acceptors (Lipinski definition) is 2. The van der Waals surface area contributed by atoms with Crippen LogP contribution in [0.3, 0.4) is 0 Å². The molecule has 1 saturated carbocycles. The molecule has 0 saturated heterocycles. The highest BCUT2D eigenvalue weighted by atomic mass is 16.5. The zero-order chi connectivity index (χ0) is 14.4. The molecular formula is C18H29NO. The van der Waals surface area contributed by atoms with Crippen LogP contribution in [0.25, 0.3) is 0 Å². The molecule has 1 fully saturated rings. The number of ether oxygens (including phenoxy) is 1. The van der Waals surface area contributed by atoms with E-state index in [4.69, 9.17) is 4.74 Å². The monoisotopic (exact) mass is 275 g/mol. The van der Waals surface area contributed by atoms with E-state index in [0.717, 1.165) is 38.0 Å². The fourth-order valence-corrected chi connectivity index (χ4v) is 2.41. The molecule has 1 atom stereocenters. The molecule has 2 nitrogen and oxygen atoms in total. The van der Waals surface area contributed by atoms with Gasteiger partial charge < -0.3 is 10.1 Å². The molecule has 1 aliphatic rings. The van der Waals surface area contributed by atoms with E-state index in [-0.39, 0.29) is 0 Å². The summed E-state index contributed by atoms with van der Waals surface area (Å²) in [5.41, 5.74) is 2.79. The first-order chi connectivity index (χ1) is 9.65. The zero-order valence-electron chi connectivity index (χ0n) is 13.2. The van der Waals surface area contributed by atoms with Gasteiger partial charge in [-0.1, -0.05) is 38.1 Å². The van der Waals surface area contributed by atoms with Crippen LogP contribution in [0.5, 0.6) is 0 Å². The first-order valence-electron chi connectivity index (χ1n) is 8.05. The lowest BCUT2D eigenvalue weighted by Crippen LogP contribution is -2.23. The number of hydrogen-bond donors (Lipinski definition) is 1. The highest BCUT2D eigenvalue weighted by Crippen LogP contribution is 2.28. The van der Waals surface area contributed by atoms with Gasteiger partial charge >= 0.3 is 0 Å². The highest BCUT2D eigenvalue weighted by molar-refractivity contribution is 5.25. The van der Waals surface area contributed by atoms with Crippen molar-refractivity contribution < 1.29 is 4.74 Å². The minimum absolute atomic E-state index is 0.396. The summed E-state index contributed by atoms with van der Waals surface area (Å²) in [6.07, 6.45) is 3.90.